The predicted molar refractivity (Wildman–Crippen MR) is 206 cm³/mol. The maximum Gasteiger partial charge on any atom is 0.410 e. The van der Waals surface area contributed by atoms with Gasteiger partial charge in [-0.05, 0) is 91.3 Å². The number of aryl methyl sites for hydroxylation is 1. The van der Waals surface area contributed by atoms with Gasteiger partial charge in [0.15, 0.2) is 17.7 Å². The summed E-state index contributed by atoms with van der Waals surface area (Å²) in [6.07, 6.45) is -0.0747. The van der Waals surface area contributed by atoms with Gasteiger partial charge in [0.1, 0.15) is 17.9 Å². The van der Waals surface area contributed by atoms with Gasteiger partial charge < -0.3 is 39.8 Å². The Morgan fingerprint density at radius 1 is 1.09 bits per heavy atom. The molecule has 0 aromatic carbocycles. The summed E-state index contributed by atoms with van der Waals surface area (Å²) in [5.41, 5.74) is 1.78. The number of esters is 1. The highest BCUT2D eigenvalue weighted by Crippen LogP contribution is 2.41. The van der Waals surface area contributed by atoms with Gasteiger partial charge in [0, 0.05) is 44.4 Å². The van der Waals surface area contributed by atoms with E-state index in [2.05, 4.69) is 20.6 Å². The Bertz CT molecular complexity index is 1690. The fraction of sp³-hybridized carbons (Fsp3) is 0.750. The normalized spacial score (nSPS) is 38.5. The molecular formula is C40H62FN7O9. The number of cyclic esters (lactones) is 1. The summed E-state index contributed by atoms with van der Waals surface area (Å²) in [6, 6.07) is 3.87. The van der Waals surface area contributed by atoms with Crippen LogP contribution in [0.2, 0.25) is 0 Å². The minimum absolute atomic E-state index is 0.123. The van der Waals surface area contributed by atoms with Crippen molar-refractivity contribution in [3.05, 3.63) is 30.6 Å². The quantitative estimate of drug-likeness (QED) is 0.179. The van der Waals surface area contributed by atoms with Crippen LogP contribution >= 0.6 is 0 Å². The topological polar surface area (TPSA) is 202 Å². The molecule has 16 nitrogen and oxygen atoms in total. The Kier molecular flexibility index (Phi) is 14.1. The number of halogens is 1. The monoisotopic (exact) mass is 803 g/mol. The van der Waals surface area contributed by atoms with E-state index in [1.807, 2.05) is 38.2 Å². The number of nitrogens with two attached hydrogens (primary N) is 1. The van der Waals surface area contributed by atoms with Crippen molar-refractivity contribution in [1.29, 1.82) is 0 Å². The molecule has 0 spiro atoms. The summed E-state index contributed by atoms with van der Waals surface area (Å²) in [5, 5.41) is 23.0. The number of ketones is 1. The van der Waals surface area contributed by atoms with E-state index in [1.165, 1.54) is 14.0 Å². The molecule has 57 heavy (non-hydrogen) atoms. The summed E-state index contributed by atoms with van der Waals surface area (Å²) >= 11 is 0. The minimum Gasteiger partial charge on any atom is -0.455 e. The van der Waals surface area contributed by atoms with Crippen LogP contribution < -0.4 is 11.1 Å². The maximum atomic E-state index is 16.8. The third kappa shape index (κ3) is 9.49. The molecule has 0 saturated carbocycles. The number of hydrogen-bond acceptors (Lipinski definition) is 14. The number of aliphatic hydroxyl groups excluding tert-OH is 1. The van der Waals surface area contributed by atoms with Crippen LogP contribution in [0.1, 0.15) is 87.5 Å². The molecule has 17 heteroatoms. The van der Waals surface area contributed by atoms with Crippen molar-refractivity contribution in [2.45, 2.75) is 160 Å². The number of amides is 1. The van der Waals surface area contributed by atoms with Crippen LogP contribution in [0.4, 0.5) is 9.18 Å². The highest BCUT2D eigenvalue weighted by molar-refractivity contribution is 6.07. The van der Waals surface area contributed by atoms with Gasteiger partial charge in [-0.15, -0.1) is 5.10 Å². The third-order valence-corrected chi connectivity index (χ3v) is 12.0. The lowest BCUT2D eigenvalue weighted by molar-refractivity contribution is -0.288. The largest absolute Gasteiger partial charge is 0.455 e. The number of methoxy groups -OCH3 is 1. The molecule has 3 aliphatic heterocycles. The molecule has 1 amide bonds. The van der Waals surface area contributed by atoms with Gasteiger partial charge in [0.2, 0.25) is 0 Å². The highest BCUT2D eigenvalue weighted by Gasteiger charge is 2.60. The summed E-state index contributed by atoms with van der Waals surface area (Å²) < 4.78 is 48.9. The molecule has 13 atom stereocenters. The number of nitrogens with one attached hydrogen (secondary N) is 1. The summed E-state index contributed by atoms with van der Waals surface area (Å²) in [5.74, 6) is -3.92. The van der Waals surface area contributed by atoms with Crippen LogP contribution in [0.25, 0.3) is 11.4 Å². The first-order valence-corrected chi connectivity index (χ1v) is 20.1. The average molecular weight is 804 g/mol. The lowest BCUT2D eigenvalue weighted by Gasteiger charge is -2.45. The van der Waals surface area contributed by atoms with Gasteiger partial charge >= 0.3 is 12.1 Å². The van der Waals surface area contributed by atoms with Crippen LogP contribution in [0.15, 0.2) is 30.6 Å². The lowest BCUT2D eigenvalue weighted by Crippen LogP contribution is -2.61. The van der Waals surface area contributed by atoms with E-state index in [0.717, 1.165) is 12.6 Å². The number of Topliss-reactive ketones (excluding diaryl/α,β-unsaturated/α-hetero) is 1. The maximum absolute atomic E-state index is 16.8. The number of hydrogen-bond donors (Lipinski definition) is 3. The van der Waals surface area contributed by atoms with E-state index in [1.54, 1.807) is 43.5 Å². The first-order chi connectivity index (χ1) is 26.9. The molecule has 2 aromatic heterocycles. The first kappa shape index (κ1) is 44.5. The second kappa shape index (κ2) is 18.1. The number of unbranched alkanes of at least 4 members (excludes halogenated alkanes) is 1. The van der Waals surface area contributed by atoms with Crippen molar-refractivity contribution < 1.29 is 47.6 Å². The molecule has 318 valence electrons. The van der Waals surface area contributed by atoms with E-state index < -0.39 is 83.4 Å². The molecule has 5 rings (SSSR count). The van der Waals surface area contributed by atoms with Crippen molar-refractivity contribution in [3.63, 3.8) is 0 Å². The van der Waals surface area contributed by atoms with E-state index >= 15 is 4.39 Å². The van der Waals surface area contributed by atoms with Crippen LogP contribution in [0.5, 0.6) is 0 Å². The molecule has 3 unspecified atom stereocenters. The molecule has 3 fully saturated rings. The fourth-order valence-electron chi connectivity index (χ4n) is 8.81. The Morgan fingerprint density at radius 3 is 2.47 bits per heavy atom. The molecule has 0 bridgehead atoms. The summed E-state index contributed by atoms with van der Waals surface area (Å²) in [6.45, 7) is 14.6. The van der Waals surface area contributed by atoms with E-state index in [4.69, 9.17) is 29.4 Å². The smallest absolute Gasteiger partial charge is 0.410 e. The van der Waals surface area contributed by atoms with Crippen molar-refractivity contribution in [2.24, 2.45) is 17.6 Å². The highest BCUT2D eigenvalue weighted by atomic mass is 19.1. The lowest BCUT2D eigenvalue weighted by atomic mass is 9.78. The van der Waals surface area contributed by atoms with Gasteiger partial charge in [0.05, 0.1) is 35.7 Å². The zero-order valence-electron chi connectivity index (χ0n) is 34.7. The molecular weight excluding hydrogens is 741 g/mol. The molecule has 3 saturated heterocycles. The molecule has 0 radical (unpaired) electrons. The van der Waals surface area contributed by atoms with Crippen molar-refractivity contribution in [2.75, 3.05) is 20.2 Å². The van der Waals surface area contributed by atoms with Crippen LogP contribution in [-0.4, -0.2) is 134 Å². The Labute approximate surface area is 334 Å². The van der Waals surface area contributed by atoms with E-state index in [9.17, 15) is 19.5 Å². The number of carbonyl (C=O) groups excluding carboxylic acids is 3. The van der Waals surface area contributed by atoms with Crippen LogP contribution in [0.3, 0.4) is 0 Å². The molecule has 2 aromatic rings. The number of nitrogens with zero attached hydrogens (tertiary/aromatic N) is 5. The van der Waals surface area contributed by atoms with E-state index in [0.29, 0.717) is 51.0 Å². The van der Waals surface area contributed by atoms with Gasteiger partial charge in [0.25, 0.3) is 5.67 Å². The molecule has 3 aliphatic rings. The zero-order valence-corrected chi connectivity index (χ0v) is 34.7. The van der Waals surface area contributed by atoms with Gasteiger partial charge in [-0.3, -0.25) is 19.4 Å². The number of carbonyl (C=O) groups is 3. The number of aromatic nitrogens is 4. The van der Waals surface area contributed by atoms with Gasteiger partial charge in [-0.1, -0.05) is 32.1 Å². The first-order valence-electron chi connectivity index (χ1n) is 20.1. The van der Waals surface area contributed by atoms with Crippen molar-refractivity contribution in [3.8, 4) is 11.4 Å². The van der Waals surface area contributed by atoms with Gasteiger partial charge in [-0.25, -0.2) is 14.0 Å². The minimum atomic E-state index is -3.14. The summed E-state index contributed by atoms with van der Waals surface area (Å²) in [4.78, 5) is 47.8. The van der Waals surface area contributed by atoms with Crippen LogP contribution in [-0.2, 0) is 39.8 Å². The summed E-state index contributed by atoms with van der Waals surface area (Å²) in [7, 11) is 1.47. The standard InChI is InChI=1S/C40H62FN7O9/c1-10-30-40(8)32(48(37(52)57-40)18-14-13-17-47-22-29(45-46-47)28-15-11-12-16-43-28)26(5)44-21-23(2)20-38(6,53-9)34(25(4)33(50)39(7,41)36(51)55-30)56-35-31(49)27(42)19-24(3)54-35/h11-12,15-16,22-27,30-32,34-35,44,49H,10,13-14,17-21,42H2,1-9H3/t23-,24?,25+,26-,27?,30-,31?,32-,34-,35+,38-,39+,40-/m1/s1. The number of fused-ring (bicyclic) bond motifs is 1. The number of alkyl halides is 1. The van der Waals surface area contributed by atoms with Crippen molar-refractivity contribution in [1.82, 2.24) is 30.2 Å². The number of ether oxygens (including phenoxy) is 5. The second-order valence-electron chi connectivity index (χ2n) is 16.7. The number of pyridine rings is 1. The molecule has 0 aliphatic carbocycles. The van der Waals surface area contributed by atoms with Crippen molar-refractivity contribution >= 4 is 17.8 Å². The zero-order chi connectivity index (χ0) is 41.9. The number of aliphatic hydroxyl groups is 1. The SMILES string of the molecule is CC[C@H]1OC(=O)[C@@](C)(F)C(=O)[C@H](C)[C@@H](O[C@@H]2OC(C)CC(N)C2O)[C@](C)(OC)C[C@@H](C)CN[C@H](C)[C@H]2N(CCCCn3cc(-c4ccccn4)nn3)C(=O)O[C@]12C. The Hall–Kier alpha value is -3.61. The fourth-order valence-corrected chi connectivity index (χ4v) is 8.81. The third-order valence-electron chi connectivity index (χ3n) is 12.0. The van der Waals surface area contributed by atoms with Crippen LogP contribution in [0, 0.1) is 11.8 Å². The Balaban J connectivity index is 1.40. The molecule has 5 heterocycles. The van der Waals surface area contributed by atoms with Gasteiger partial charge in [-0.2, -0.15) is 0 Å². The second-order valence-corrected chi connectivity index (χ2v) is 16.7. The Morgan fingerprint density at radius 2 is 1.81 bits per heavy atom. The molecule has 4 N–H and O–H groups in total. The van der Waals surface area contributed by atoms with E-state index in [-0.39, 0.29) is 18.4 Å². The number of rotatable bonds is 10. The predicted octanol–water partition coefficient (Wildman–Crippen LogP) is 3.59. The average Bonchev–Trinajstić information content (AvgIpc) is 3.75.